The highest BCUT2D eigenvalue weighted by Gasteiger charge is 2.22. The molecule has 1 fully saturated rings. The molecule has 86 valence electrons. The zero-order valence-electron chi connectivity index (χ0n) is 10.00. The van der Waals surface area contributed by atoms with E-state index >= 15 is 0 Å². The highest BCUT2D eigenvalue weighted by Crippen LogP contribution is 2.19. The van der Waals surface area contributed by atoms with Gasteiger partial charge in [-0.05, 0) is 45.2 Å². The van der Waals surface area contributed by atoms with Crippen molar-refractivity contribution in [3.8, 4) is 6.07 Å². The third kappa shape index (κ3) is 4.19. The molecule has 0 saturated carbocycles. The molecule has 1 rings (SSSR count). The van der Waals surface area contributed by atoms with Crippen LogP contribution in [0.15, 0.2) is 0 Å². The van der Waals surface area contributed by atoms with Gasteiger partial charge >= 0.3 is 0 Å². The van der Waals surface area contributed by atoms with Crippen molar-refractivity contribution in [1.82, 2.24) is 4.90 Å². The molecule has 0 aromatic heterocycles. The van der Waals surface area contributed by atoms with Crippen molar-refractivity contribution < 1.29 is 0 Å². The van der Waals surface area contributed by atoms with Crippen LogP contribution in [0.4, 0.5) is 0 Å². The summed E-state index contributed by atoms with van der Waals surface area (Å²) in [5, 5.41) is 8.78. The predicted octanol–water partition coefficient (Wildman–Crippen LogP) is 1.74. The normalized spacial score (nSPS) is 26.1. The first-order valence-corrected chi connectivity index (χ1v) is 6.00. The zero-order valence-corrected chi connectivity index (χ0v) is 10.00. The first-order chi connectivity index (χ1) is 7.07. The molecule has 0 aliphatic carbocycles. The van der Waals surface area contributed by atoms with Crippen molar-refractivity contribution in [3.63, 3.8) is 0 Å². The quantitative estimate of drug-likeness (QED) is 0.750. The molecule has 1 aliphatic heterocycles. The summed E-state index contributed by atoms with van der Waals surface area (Å²) in [5.41, 5.74) is 5.14. The van der Waals surface area contributed by atoms with E-state index in [1.807, 2.05) is 6.92 Å². The number of nitriles is 1. The second kappa shape index (κ2) is 5.48. The standard InChI is InChI=1S/C12H23N3/c1-3-11-5-8-15(9-11)7-4-6-12(2,14)10-13/h11H,3-9,14H2,1-2H3. The molecule has 1 aliphatic rings. The van der Waals surface area contributed by atoms with Crippen LogP contribution < -0.4 is 5.73 Å². The Hall–Kier alpha value is -0.590. The Kier molecular flexibility index (Phi) is 4.56. The first-order valence-electron chi connectivity index (χ1n) is 6.00. The molecule has 15 heavy (non-hydrogen) atoms. The summed E-state index contributed by atoms with van der Waals surface area (Å²) < 4.78 is 0. The SMILES string of the molecule is CCC1CCN(CCCC(C)(N)C#N)C1. The number of nitrogens with two attached hydrogens (primary N) is 1. The second-order valence-corrected chi connectivity index (χ2v) is 5.00. The van der Waals surface area contributed by atoms with Crippen LogP contribution in [0.5, 0.6) is 0 Å². The third-order valence-electron chi connectivity index (χ3n) is 3.37. The summed E-state index contributed by atoms with van der Waals surface area (Å²) in [6, 6.07) is 2.15. The maximum atomic E-state index is 8.78. The Morgan fingerprint density at radius 2 is 2.33 bits per heavy atom. The smallest absolute Gasteiger partial charge is 0.101 e. The number of nitrogens with zero attached hydrogens (tertiary/aromatic N) is 2. The van der Waals surface area contributed by atoms with Gasteiger partial charge in [0, 0.05) is 6.54 Å². The topological polar surface area (TPSA) is 53.0 Å². The van der Waals surface area contributed by atoms with Crippen LogP contribution in [-0.2, 0) is 0 Å². The maximum Gasteiger partial charge on any atom is 0.101 e. The van der Waals surface area contributed by atoms with E-state index in [9.17, 15) is 0 Å². The Balaban J connectivity index is 2.14. The average molecular weight is 209 g/mol. The molecule has 1 heterocycles. The van der Waals surface area contributed by atoms with E-state index < -0.39 is 5.54 Å². The van der Waals surface area contributed by atoms with Crippen molar-refractivity contribution in [3.05, 3.63) is 0 Å². The Labute approximate surface area is 93.2 Å². The minimum atomic E-state index is -0.635. The van der Waals surface area contributed by atoms with Crippen molar-refractivity contribution >= 4 is 0 Å². The number of hydrogen-bond donors (Lipinski definition) is 1. The lowest BCUT2D eigenvalue weighted by Crippen LogP contribution is -2.35. The predicted molar refractivity (Wildman–Crippen MR) is 62.3 cm³/mol. The summed E-state index contributed by atoms with van der Waals surface area (Å²) in [5.74, 6) is 0.894. The van der Waals surface area contributed by atoms with Crippen LogP contribution in [0.2, 0.25) is 0 Å². The van der Waals surface area contributed by atoms with Gasteiger partial charge in [-0.3, -0.25) is 0 Å². The summed E-state index contributed by atoms with van der Waals surface area (Å²) in [6.07, 6.45) is 4.48. The molecule has 0 bridgehead atoms. The van der Waals surface area contributed by atoms with Crippen LogP contribution >= 0.6 is 0 Å². The molecule has 0 radical (unpaired) electrons. The van der Waals surface area contributed by atoms with Gasteiger partial charge in [-0.15, -0.1) is 0 Å². The van der Waals surface area contributed by atoms with Gasteiger partial charge in [-0.2, -0.15) is 5.26 Å². The molecule has 0 aromatic rings. The van der Waals surface area contributed by atoms with Gasteiger partial charge < -0.3 is 10.6 Å². The van der Waals surface area contributed by atoms with Crippen LogP contribution in [-0.4, -0.2) is 30.1 Å². The molecule has 2 atom stereocenters. The Morgan fingerprint density at radius 3 is 2.87 bits per heavy atom. The van der Waals surface area contributed by atoms with Gasteiger partial charge in [0.1, 0.15) is 5.54 Å². The van der Waals surface area contributed by atoms with E-state index in [4.69, 9.17) is 11.0 Å². The monoisotopic (exact) mass is 209 g/mol. The minimum absolute atomic E-state index is 0.635. The summed E-state index contributed by atoms with van der Waals surface area (Å²) >= 11 is 0. The molecule has 3 nitrogen and oxygen atoms in total. The van der Waals surface area contributed by atoms with Gasteiger partial charge in [0.2, 0.25) is 0 Å². The van der Waals surface area contributed by atoms with Crippen molar-refractivity contribution in [1.29, 1.82) is 5.26 Å². The molecule has 0 aromatic carbocycles. The highest BCUT2D eigenvalue weighted by atomic mass is 15.1. The lowest BCUT2D eigenvalue weighted by molar-refractivity contribution is 0.306. The fraction of sp³-hybridized carbons (Fsp3) is 0.917. The molecule has 0 spiro atoms. The average Bonchev–Trinajstić information content (AvgIpc) is 2.66. The second-order valence-electron chi connectivity index (χ2n) is 5.00. The summed E-state index contributed by atoms with van der Waals surface area (Å²) in [4.78, 5) is 2.50. The Morgan fingerprint density at radius 1 is 1.60 bits per heavy atom. The minimum Gasteiger partial charge on any atom is -0.314 e. The van der Waals surface area contributed by atoms with Gasteiger partial charge in [-0.25, -0.2) is 0 Å². The van der Waals surface area contributed by atoms with Crippen LogP contribution in [0, 0.1) is 17.2 Å². The van der Waals surface area contributed by atoms with Crippen LogP contribution in [0.1, 0.15) is 39.5 Å². The van der Waals surface area contributed by atoms with Gasteiger partial charge in [0.05, 0.1) is 6.07 Å². The maximum absolute atomic E-state index is 8.78. The molecular formula is C12H23N3. The fourth-order valence-corrected chi connectivity index (χ4v) is 2.17. The molecule has 2 N–H and O–H groups in total. The highest BCUT2D eigenvalue weighted by molar-refractivity contribution is 5.00. The van der Waals surface area contributed by atoms with E-state index in [2.05, 4.69) is 17.9 Å². The van der Waals surface area contributed by atoms with Crippen molar-refractivity contribution in [2.45, 2.75) is 45.1 Å². The zero-order chi connectivity index (χ0) is 11.3. The molecule has 3 heteroatoms. The Bertz CT molecular complexity index is 230. The van der Waals surface area contributed by atoms with E-state index in [0.29, 0.717) is 0 Å². The van der Waals surface area contributed by atoms with Gasteiger partial charge in [0.15, 0.2) is 0 Å². The number of hydrogen-bond acceptors (Lipinski definition) is 3. The molecule has 2 unspecified atom stereocenters. The lowest BCUT2D eigenvalue weighted by atomic mass is 9.99. The fourth-order valence-electron chi connectivity index (χ4n) is 2.17. The van der Waals surface area contributed by atoms with Gasteiger partial charge in [-0.1, -0.05) is 13.3 Å². The number of likely N-dealkylation sites (tertiary alicyclic amines) is 1. The summed E-state index contributed by atoms with van der Waals surface area (Å²) in [6.45, 7) is 7.65. The first kappa shape index (κ1) is 12.5. The van der Waals surface area contributed by atoms with Crippen molar-refractivity contribution in [2.24, 2.45) is 11.7 Å². The molecular weight excluding hydrogens is 186 g/mol. The summed E-state index contributed by atoms with van der Waals surface area (Å²) in [7, 11) is 0. The van der Waals surface area contributed by atoms with Crippen LogP contribution in [0.25, 0.3) is 0 Å². The van der Waals surface area contributed by atoms with Crippen molar-refractivity contribution in [2.75, 3.05) is 19.6 Å². The lowest BCUT2D eigenvalue weighted by Gasteiger charge is -2.19. The van der Waals surface area contributed by atoms with Crippen LogP contribution in [0.3, 0.4) is 0 Å². The van der Waals surface area contributed by atoms with E-state index in [1.54, 1.807) is 0 Å². The molecule has 0 amide bonds. The number of rotatable bonds is 5. The third-order valence-corrected chi connectivity index (χ3v) is 3.37. The van der Waals surface area contributed by atoms with E-state index in [-0.39, 0.29) is 0 Å². The van der Waals surface area contributed by atoms with E-state index in [1.165, 1.54) is 25.9 Å². The van der Waals surface area contributed by atoms with E-state index in [0.717, 1.165) is 25.3 Å². The molecule has 1 saturated heterocycles. The largest absolute Gasteiger partial charge is 0.314 e. The van der Waals surface area contributed by atoms with Gasteiger partial charge in [0.25, 0.3) is 0 Å².